The Balaban J connectivity index is 2.04. The summed E-state index contributed by atoms with van der Waals surface area (Å²) in [6, 6.07) is 7.52. The quantitative estimate of drug-likeness (QED) is 0.571. The van der Waals surface area contributed by atoms with E-state index >= 15 is 0 Å². The van der Waals surface area contributed by atoms with Gasteiger partial charge in [0.2, 0.25) is 5.95 Å². The van der Waals surface area contributed by atoms with Crippen molar-refractivity contribution in [2.45, 2.75) is 18.9 Å². The van der Waals surface area contributed by atoms with Crippen molar-refractivity contribution in [1.82, 2.24) is 9.97 Å². The first kappa shape index (κ1) is 14.0. The summed E-state index contributed by atoms with van der Waals surface area (Å²) in [6.07, 6.45) is 0.555. The topological polar surface area (TPSA) is 110 Å². The molecule has 1 aromatic heterocycles. The van der Waals surface area contributed by atoms with Crippen LogP contribution < -0.4 is 16.6 Å². The molecular weight excluding hydrogens is 290 g/mol. The van der Waals surface area contributed by atoms with Gasteiger partial charge in [0.05, 0.1) is 22.6 Å². The monoisotopic (exact) mass is 307 g/mol. The van der Waals surface area contributed by atoms with Gasteiger partial charge in [0.1, 0.15) is 5.82 Å². The summed E-state index contributed by atoms with van der Waals surface area (Å²) in [6.45, 7) is 1.89. The minimum absolute atomic E-state index is 0.101. The van der Waals surface area contributed by atoms with Crippen LogP contribution >= 0.6 is 0 Å². The summed E-state index contributed by atoms with van der Waals surface area (Å²) in [4.78, 5) is 8.60. The molecule has 3 rings (SSSR count). The number of hydrazine groups is 1. The number of nitrogen functional groups attached to an aromatic ring is 1. The van der Waals surface area contributed by atoms with Gasteiger partial charge in [-0.1, -0.05) is 12.1 Å². The van der Waals surface area contributed by atoms with Crippen LogP contribution in [0.3, 0.4) is 0 Å². The molecule has 112 valence electrons. The fraction of sp³-hybridized carbons (Fsp3) is 0.385. The highest BCUT2D eigenvalue weighted by atomic mass is 32.2. The van der Waals surface area contributed by atoms with Crippen molar-refractivity contribution in [1.29, 1.82) is 0 Å². The van der Waals surface area contributed by atoms with Gasteiger partial charge in [0, 0.05) is 5.39 Å². The zero-order chi connectivity index (χ0) is 15.1. The predicted octanol–water partition coefficient (Wildman–Crippen LogP) is 0.904. The first-order valence-corrected chi connectivity index (χ1v) is 8.45. The fourth-order valence-electron chi connectivity index (χ4n) is 2.63. The lowest BCUT2D eigenvalue weighted by Crippen LogP contribution is -2.36. The number of para-hydroxylation sites is 1. The highest BCUT2D eigenvalue weighted by Crippen LogP contribution is 2.30. The Labute approximate surface area is 122 Å². The number of rotatable bonds is 3. The molecular formula is C13H17N5O2S. The Hall–Kier alpha value is -1.93. The van der Waals surface area contributed by atoms with Crippen LogP contribution in [0.5, 0.6) is 0 Å². The second-order valence-corrected chi connectivity index (χ2v) is 7.77. The zero-order valence-electron chi connectivity index (χ0n) is 11.6. The molecule has 1 saturated heterocycles. The molecule has 1 fully saturated rings. The van der Waals surface area contributed by atoms with Crippen molar-refractivity contribution in [3.8, 4) is 0 Å². The summed E-state index contributed by atoms with van der Waals surface area (Å²) in [7, 11) is -2.99. The van der Waals surface area contributed by atoms with Crippen LogP contribution in [0.1, 0.15) is 13.3 Å². The Morgan fingerprint density at radius 3 is 2.71 bits per heavy atom. The number of hydrogen-bond acceptors (Lipinski definition) is 7. The third-order valence-corrected chi connectivity index (χ3v) is 5.56. The molecule has 0 amide bonds. The normalized spacial score (nSPS) is 24.1. The summed E-state index contributed by atoms with van der Waals surface area (Å²) >= 11 is 0. The highest BCUT2D eigenvalue weighted by Gasteiger charge is 2.38. The average Bonchev–Trinajstić information content (AvgIpc) is 2.72. The van der Waals surface area contributed by atoms with E-state index in [1.54, 1.807) is 0 Å². The molecule has 0 bridgehead atoms. The van der Waals surface area contributed by atoms with Crippen molar-refractivity contribution in [2.24, 2.45) is 5.84 Å². The zero-order valence-corrected chi connectivity index (χ0v) is 12.4. The van der Waals surface area contributed by atoms with Crippen LogP contribution in [0.15, 0.2) is 24.3 Å². The largest absolute Gasteiger partial charge is 0.363 e. The van der Waals surface area contributed by atoms with E-state index in [2.05, 4.69) is 20.7 Å². The number of benzene rings is 1. The van der Waals surface area contributed by atoms with E-state index in [0.29, 0.717) is 18.2 Å². The van der Waals surface area contributed by atoms with E-state index in [1.807, 2.05) is 31.2 Å². The van der Waals surface area contributed by atoms with Crippen LogP contribution in [0, 0.1) is 0 Å². The predicted molar refractivity (Wildman–Crippen MR) is 82.6 cm³/mol. The van der Waals surface area contributed by atoms with Crippen LogP contribution in [0.4, 0.5) is 11.8 Å². The minimum atomic E-state index is -2.99. The van der Waals surface area contributed by atoms with Crippen LogP contribution in [-0.2, 0) is 9.84 Å². The lowest BCUT2D eigenvalue weighted by Gasteiger charge is -2.25. The SMILES string of the molecule is CC1(Nc2nc(NN)nc3ccccc23)CCS(=O)(=O)C1. The lowest BCUT2D eigenvalue weighted by atomic mass is 10.0. The maximum atomic E-state index is 11.7. The molecule has 0 saturated carbocycles. The Morgan fingerprint density at radius 2 is 2.05 bits per heavy atom. The number of aromatic nitrogens is 2. The molecule has 1 aromatic carbocycles. The first-order valence-electron chi connectivity index (χ1n) is 6.63. The molecule has 1 unspecified atom stereocenters. The molecule has 1 atom stereocenters. The van der Waals surface area contributed by atoms with E-state index in [9.17, 15) is 8.42 Å². The summed E-state index contributed by atoms with van der Waals surface area (Å²) in [5, 5.41) is 4.10. The third-order valence-electron chi connectivity index (χ3n) is 3.66. The van der Waals surface area contributed by atoms with Gasteiger partial charge >= 0.3 is 0 Å². The molecule has 4 N–H and O–H groups in total. The van der Waals surface area contributed by atoms with Gasteiger partial charge in [-0.25, -0.2) is 19.2 Å². The summed E-state index contributed by atoms with van der Waals surface area (Å²) in [5.41, 5.74) is 2.65. The van der Waals surface area contributed by atoms with Gasteiger partial charge in [-0.3, -0.25) is 5.43 Å². The van der Waals surface area contributed by atoms with E-state index in [1.165, 1.54) is 0 Å². The maximum absolute atomic E-state index is 11.7. The van der Waals surface area contributed by atoms with Crippen molar-refractivity contribution in [2.75, 3.05) is 22.2 Å². The molecule has 7 nitrogen and oxygen atoms in total. The van der Waals surface area contributed by atoms with Gasteiger partial charge in [-0.15, -0.1) is 0 Å². The average molecular weight is 307 g/mol. The molecule has 8 heteroatoms. The van der Waals surface area contributed by atoms with Gasteiger partial charge in [0.15, 0.2) is 9.84 Å². The number of anilines is 2. The second kappa shape index (κ2) is 4.81. The van der Waals surface area contributed by atoms with Gasteiger partial charge in [0.25, 0.3) is 0 Å². The highest BCUT2D eigenvalue weighted by molar-refractivity contribution is 7.91. The number of nitrogens with zero attached hydrogens (tertiary/aromatic N) is 2. The molecule has 0 radical (unpaired) electrons. The Morgan fingerprint density at radius 1 is 1.29 bits per heavy atom. The molecule has 2 aromatic rings. The standard InChI is InChI=1S/C13H17N5O2S/c1-13(6-7-21(19,20)8-13)17-11-9-4-2-3-5-10(9)15-12(16-11)18-14/h2-5H,6-8,14H2,1H3,(H2,15,16,17,18). The van der Waals surface area contributed by atoms with Crippen molar-refractivity contribution in [3.05, 3.63) is 24.3 Å². The number of fused-ring (bicyclic) bond motifs is 1. The number of sulfone groups is 1. The Kier molecular flexibility index (Phi) is 3.22. The van der Waals surface area contributed by atoms with Crippen LogP contribution in [-0.4, -0.2) is 35.4 Å². The van der Waals surface area contributed by atoms with Crippen molar-refractivity contribution < 1.29 is 8.42 Å². The van der Waals surface area contributed by atoms with Crippen molar-refractivity contribution in [3.63, 3.8) is 0 Å². The summed E-state index contributed by atoms with van der Waals surface area (Å²) in [5.74, 6) is 6.58. The van der Waals surface area contributed by atoms with Gasteiger partial charge < -0.3 is 5.32 Å². The van der Waals surface area contributed by atoms with Crippen LogP contribution in [0.25, 0.3) is 10.9 Å². The van der Waals surface area contributed by atoms with Gasteiger partial charge in [-0.05, 0) is 25.5 Å². The van der Waals surface area contributed by atoms with Gasteiger partial charge in [-0.2, -0.15) is 4.98 Å². The molecule has 0 spiro atoms. The number of hydrogen-bond donors (Lipinski definition) is 3. The minimum Gasteiger partial charge on any atom is -0.363 e. The van der Waals surface area contributed by atoms with E-state index in [0.717, 1.165) is 10.9 Å². The third kappa shape index (κ3) is 2.77. The maximum Gasteiger partial charge on any atom is 0.239 e. The fourth-order valence-corrected chi connectivity index (χ4v) is 4.72. The molecule has 21 heavy (non-hydrogen) atoms. The van der Waals surface area contributed by atoms with Crippen LogP contribution in [0.2, 0.25) is 0 Å². The lowest BCUT2D eigenvalue weighted by molar-refractivity contribution is 0.572. The number of nitrogens with two attached hydrogens (primary N) is 1. The second-order valence-electron chi connectivity index (χ2n) is 5.58. The van der Waals surface area contributed by atoms with E-state index < -0.39 is 15.4 Å². The first-order chi connectivity index (χ1) is 9.91. The molecule has 1 aliphatic rings. The molecule has 2 heterocycles. The smallest absolute Gasteiger partial charge is 0.239 e. The molecule has 1 aliphatic heterocycles. The summed E-state index contributed by atoms with van der Waals surface area (Å²) < 4.78 is 23.4. The number of nitrogens with one attached hydrogen (secondary N) is 2. The van der Waals surface area contributed by atoms with E-state index in [4.69, 9.17) is 5.84 Å². The Bertz CT molecular complexity index is 792. The van der Waals surface area contributed by atoms with E-state index in [-0.39, 0.29) is 11.5 Å². The molecule has 0 aliphatic carbocycles. The van der Waals surface area contributed by atoms with Crippen molar-refractivity contribution >= 4 is 32.5 Å².